The number of aliphatic imine (C=N–C) groups is 2. The molecule has 0 bridgehead atoms. The third-order valence-corrected chi connectivity index (χ3v) is 13.5. The van der Waals surface area contributed by atoms with Gasteiger partial charge in [0.05, 0.1) is 27.8 Å². The van der Waals surface area contributed by atoms with Gasteiger partial charge in [0.25, 0.3) is 0 Å². The smallest absolute Gasteiger partial charge is 0.172 e. The summed E-state index contributed by atoms with van der Waals surface area (Å²) in [4.78, 5) is 11.5. The molecule has 0 saturated carbocycles. The van der Waals surface area contributed by atoms with Crippen molar-refractivity contribution in [3.63, 3.8) is 0 Å². The van der Waals surface area contributed by atoms with Crippen molar-refractivity contribution in [3.05, 3.63) is 217 Å². The summed E-state index contributed by atoms with van der Waals surface area (Å²) in [7, 11) is 0. The van der Waals surface area contributed by atoms with Crippen LogP contribution in [0, 0.1) is 0 Å². The third-order valence-electron chi connectivity index (χ3n) is 13.5. The molecule has 1 unspecified atom stereocenters. The summed E-state index contributed by atoms with van der Waals surface area (Å²) in [6, 6.07) is 65.2. The van der Waals surface area contributed by atoms with Gasteiger partial charge in [-0.05, 0) is 82.9 Å². The number of nitrogens with one attached hydrogen (secondary N) is 1. The zero-order valence-corrected chi connectivity index (χ0v) is 35.2. The average Bonchev–Trinajstić information content (AvgIpc) is 4.04. The van der Waals surface area contributed by atoms with Crippen LogP contribution in [-0.4, -0.2) is 20.8 Å². The number of rotatable bonds is 5. The van der Waals surface area contributed by atoms with Gasteiger partial charge in [-0.15, -0.1) is 0 Å². The van der Waals surface area contributed by atoms with E-state index >= 15 is 0 Å². The molecule has 1 atom stereocenters. The molecular formula is C59H39N5O. The largest absolute Gasteiger partial charge is 0.454 e. The van der Waals surface area contributed by atoms with Crippen LogP contribution in [0.25, 0.3) is 98.5 Å². The second-order valence-electron chi connectivity index (χ2n) is 17.2. The van der Waals surface area contributed by atoms with Crippen molar-refractivity contribution in [2.24, 2.45) is 9.98 Å². The molecular weight excluding hydrogens is 795 g/mol. The number of amidine groups is 2. The summed E-state index contributed by atoms with van der Waals surface area (Å²) in [6.07, 6.45) is 8.02. The Hall–Kier alpha value is -8.48. The van der Waals surface area contributed by atoms with E-state index in [2.05, 4.69) is 215 Å². The van der Waals surface area contributed by atoms with Gasteiger partial charge >= 0.3 is 0 Å². The molecule has 9 aromatic carbocycles. The molecule has 65 heavy (non-hydrogen) atoms. The number of benzene rings is 9. The van der Waals surface area contributed by atoms with Crippen LogP contribution < -0.4 is 5.32 Å². The highest BCUT2D eigenvalue weighted by Gasteiger charge is 2.32. The first-order chi connectivity index (χ1) is 32.3. The molecule has 14 rings (SSSR count). The molecule has 0 fully saturated rings. The van der Waals surface area contributed by atoms with Crippen LogP contribution in [0.2, 0.25) is 0 Å². The van der Waals surface area contributed by atoms with Gasteiger partial charge in [0.1, 0.15) is 17.3 Å². The molecule has 0 radical (unpaired) electrons. The lowest BCUT2D eigenvalue weighted by Crippen LogP contribution is -2.37. The van der Waals surface area contributed by atoms with E-state index in [4.69, 9.17) is 14.4 Å². The van der Waals surface area contributed by atoms with E-state index in [1.165, 1.54) is 26.9 Å². The number of hydrogen-bond donors (Lipinski definition) is 1. The van der Waals surface area contributed by atoms with Gasteiger partial charge in [-0.2, -0.15) is 0 Å². The number of hydrogen-bond acceptors (Lipinski definition) is 4. The number of fused-ring (bicyclic) bond motifs is 12. The van der Waals surface area contributed by atoms with E-state index in [1.807, 2.05) is 0 Å². The number of furan rings is 1. The number of aromatic nitrogens is 2. The number of nitrogens with zero attached hydrogens (tertiary/aromatic N) is 4. The van der Waals surface area contributed by atoms with E-state index in [-0.39, 0.29) is 0 Å². The van der Waals surface area contributed by atoms with Crippen LogP contribution in [-0.2, 0) is 0 Å². The minimum absolute atomic E-state index is 0.670. The first-order valence-electron chi connectivity index (χ1n) is 22.4. The van der Waals surface area contributed by atoms with Gasteiger partial charge in [-0.3, -0.25) is 0 Å². The molecule has 4 heterocycles. The summed E-state index contributed by atoms with van der Waals surface area (Å²) in [5.41, 5.74) is 11.1. The standard InChI is InChI=1S/C59H39N5O/c1-3-18-36(19-4-1)57-60-58(46-30-17-29-44-40-24-11-14-31-48(40)63(54(44)46)39-22-5-2-6-23-39)62-59(61-57)53-43-27-10-9-26-42(43)52-45-28-13-16-33-51(45)65-56(52)55(53)64-49-32-15-12-25-41(49)47-34-37-20-7-8-21-38(37)35-50(47)64/h2-3,5-35,59H,1,4H2,(H,60,61,62). The van der Waals surface area contributed by atoms with Gasteiger partial charge < -0.3 is 18.9 Å². The predicted molar refractivity (Wildman–Crippen MR) is 270 cm³/mol. The fraction of sp³-hybridized carbons (Fsp3) is 0.0508. The monoisotopic (exact) mass is 833 g/mol. The first kappa shape index (κ1) is 36.0. The predicted octanol–water partition coefficient (Wildman–Crippen LogP) is 14.8. The summed E-state index contributed by atoms with van der Waals surface area (Å²) < 4.78 is 12.0. The van der Waals surface area contributed by atoms with Crippen LogP contribution in [0.5, 0.6) is 0 Å². The molecule has 12 aromatic rings. The lowest BCUT2D eigenvalue weighted by molar-refractivity contribution is 0.663. The van der Waals surface area contributed by atoms with Gasteiger partial charge in [0.15, 0.2) is 11.7 Å². The molecule has 306 valence electrons. The van der Waals surface area contributed by atoms with E-state index in [0.717, 1.165) is 113 Å². The zero-order valence-electron chi connectivity index (χ0n) is 35.2. The lowest BCUT2D eigenvalue weighted by Gasteiger charge is -2.27. The van der Waals surface area contributed by atoms with Gasteiger partial charge in [0, 0.05) is 54.7 Å². The molecule has 3 aromatic heterocycles. The van der Waals surface area contributed by atoms with E-state index < -0.39 is 6.17 Å². The highest BCUT2D eigenvalue weighted by Crippen LogP contribution is 2.48. The number of allylic oxidation sites excluding steroid dienone is 2. The second kappa shape index (κ2) is 14.0. The Balaban J connectivity index is 1.14. The Labute approximate surface area is 373 Å². The average molecular weight is 834 g/mol. The Morgan fingerprint density at radius 1 is 0.508 bits per heavy atom. The van der Waals surface area contributed by atoms with Crippen molar-refractivity contribution >= 4 is 98.8 Å². The summed E-state index contributed by atoms with van der Waals surface area (Å²) in [5.74, 6) is 1.56. The van der Waals surface area contributed by atoms with E-state index in [9.17, 15) is 0 Å². The molecule has 0 saturated heterocycles. The van der Waals surface area contributed by atoms with Gasteiger partial charge in [-0.25, -0.2) is 9.98 Å². The van der Waals surface area contributed by atoms with Crippen molar-refractivity contribution in [1.29, 1.82) is 0 Å². The highest BCUT2D eigenvalue weighted by molar-refractivity contribution is 6.26. The highest BCUT2D eigenvalue weighted by atomic mass is 16.3. The molecule has 1 aliphatic heterocycles. The lowest BCUT2D eigenvalue weighted by atomic mass is 9.94. The molecule has 0 amide bonds. The summed E-state index contributed by atoms with van der Waals surface area (Å²) in [6.45, 7) is 0. The molecule has 0 spiro atoms. The normalized spacial score (nSPS) is 15.4. The van der Waals surface area contributed by atoms with Crippen molar-refractivity contribution < 1.29 is 4.42 Å². The molecule has 2 aliphatic rings. The summed E-state index contributed by atoms with van der Waals surface area (Å²) in [5, 5.41) is 15.3. The first-order valence-corrected chi connectivity index (χ1v) is 22.4. The van der Waals surface area contributed by atoms with E-state index in [0.29, 0.717) is 0 Å². The van der Waals surface area contributed by atoms with Crippen molar-refractivity contribution in [2.45, 2.75) is 19.0 Å². The fourth-order valence-corrected chi connectivity index (χ4v) is 10.8. The fourth-order valence-electron chi connectivity index (χ4n) is 10.8. The van der Waals surface area contributed by atoms with Crippen LogP contribution in [0.1, 0.15) is 30.1 Å². The van der Waals surface area contributed by atoms with Crippen LogP contribution in [0.4, 0.5) is 0 Å². The molecule has 6 nitrogen and oxygen atoms in total. The summed E-state index contributed by atoms with van der Waals surface area (Å²) >= 11 is 0. The Bertz CT molecular complexity index is 4100. The minimum Gasteiger partial charge on any atom is -0.454 e. The van der Waals surface area contributed by atoms with E-state index in [1.54, 1.807) is 0 Å². The topological polar surface area (TPSA) is 59.8 Å². The van der Waals surface area contributed by atoms with Gasteiger partial charge in [0.2, 0.25) is 0 Å². The third kappa shape index (κ3) is 5.34. The minimum atomic E-state index is -0.670. The van der Waals surface area contributed by atoms with Crippen LogP contribution in [0.3, 0.4) is 0 Å². The van der Waals surface area contributed by atoms with Crippen molar-refractivity contribution in [1.82, 2.24) is 14.5 Å². The zero-order chi connectivity index (χ0) is 42.6. The quantitative estimate of drug-likeness (QED) is 0.188. The number of para-hydroxylation sites is 5. The molecule has 1 aliphatic carbocycles. The maximum absolute atomic E-state index is 7.18. The van der Waals surface area contributed by atoms with Crippen LogP contribution in [0.15, 0.2) is 220 Å². The van der Waals surface area contributed by atoms with Crippen molar-refractivity contribution in [3.8, 4) is 11.4 Å². The van der Waals surface area contributed by atoms with Crippen LogP contribution >= 0.6 is 0 Å². The Morgan fingerprint density at radius 3 is 1.95 bits per heavy atom. The Morgan fingerprint density at radius 2 is 1.15 bits per heavy atom. The second-order valence-corrected chi connectivity index (χ2v) is 17.2. The Kier molecular flexibility index (Phi) is 7.77. The SMILES string of the molecule is C1=CC(C2=NC(c3c(-n4c5ccccc5c5cc6ccccc6cc54)c4oc5ccccc5c4c4ccccc34)N=C(c3cccc4c5ccccc5n(-c5ccccc5)c34)N2)=CCC1. The molecule has 6 heteroatoms. The maximum Gasteiger partial charge on any atom is 0.172 e. The van der Waals surface area contributed by atoms with Gasteiger partial charge in [-0.1, -0.05) is 152 Å². The van der Waals surface area contributed by atoms with Crippen molar-refractivity contribution in [2.75, 3.05) is 0 Å². The maximum atomic E-state index is 7.18. The molecule has 1 N–H and O–H groups in total.